The summed E-state index contributed by atoms with van der Waals surface area (Å²) in [6.07, 6.45) is 2.98. The average molecular weight is 460 g/mol. The van der Waals surface area contributed by atoms with E-state index < -0.39 is 11.7 Å². The van der Waals surface area contributed by atoms with E-state index in [1.807, 2.05) is 27.7 Å². The van der Waals surface area contributed by atoms with Crippen molar-refractivity contribution >= 4 is 22.9 Å². The number of ether oxygens (including phenoxy) is 1. The zero-order valence-electron chi connectivity index (χ0n) is 19.7. The molecule has 3 heterocycles. The Morgan fingerprint density at radius 3 is 2.53 bits per heavy atom. The normalized spacial score (nSPS) is 13.9. The third-order valence-electron chi connectivity index (χ3n) is 5.61. The quantitative estimate of drug-likeness (QED) is 0.392. The fourth-order valence-corrected chi connectivity index (χ4v) is 3.94. The zero-order valence-corrected chi connectivity index (χ0v) is 19.7. The number of aromatic nitrogens is 5. The van der Waals surface area contributed by atoms with Crippen molar-refractivity contribution in [3.63, 3.8) is 0 Å². The number of carbonyl (C=O) groups excluding carboxylic acids is 2. The van der Waals surface area contributed by atoms with Gasteiger partial charge in [-0.05, 0) is 71.7 Å². The number of carbonyl (C=O) groups is 2. The number of aryl methyl sites for hydroxylation is 2. The van der Waals surface area contributed by atoms with E-state index in [1.165, 1.54) is 10.8 Å². The number of rotatable bonds is 4. The van der Waals surface area contributed by atoms with Crippen molar-refractivity contribution < 1.29 is 18.8 Å². The molecule has 174 valence electrons. The maximum absolute atomic E-state index is 13.3. The highest BCUT2D eigenvalue weighted by atomic mass is 16.6. The van der Waals surface area contributed by atoms with Gasteiger partial charge in [-0.25, -0.2) is 24.3 Å². The van der Waals surface area contributed by atoms with Crippen molar-refractivity contribution in [1.82, 2.24) is 24.7 Å². The van der Waals surface area contributed by atoms with E-state index in [1.54, 1.807) is 31.2 Å². The molecule has 0 unspecified atom stereocenters. The third-order valence-corrected chi connectivity index (χ3v) is 5.61. The van der Waals surface area contributed by atoms with Crippen LogP contribution in [0.4, 0.5) is 4.79 Å². The number of fused-ring (bicyclic) bond motifs is 1. The molecule has 34 heavy (non-hydrogen) atoms. The molecular weight excluding hydrogens is 434 g/mol. The van der Waals surface area contributed by atoms with Gasteiger partial charge in [0.1, 0.15) is 17.2 Å². The van der Waals surface area contributed by atoms with Crippen molar-refractivity contribution in [2.45, 2.75) is 59.0 Å². The van der Waals surface area contributed by atoms with Gasteiger partial charge in [-0.15, -0.1) is 0 Å². The summed E-state index contributed by atoms with van der Waals surface area (Å²) in [4.78, 5) is 39.7. The Morgan fingerprint density at radius 2 is 1.88 bits per heavy atom. The van der Waals surface area contributed by atoms with Crippen molar-refractivity contribution in [1.29, 1.82) is 0 Å². The molecule has 0 aliphatic heterocycles. The molecule has 0 bridgehead atoms. The zero-order chi connectivity index (χ0) is 24.2. The molecule has 0 atom stereocenters. The lowest BCUT2D eigenvalue weighted by atomic mass is 10.1. The van der Waals surface area contributed by atoms with Crippen LogP contribution in [-0.2, 0) is 4.74 Å². The Hall–Kier alpha value is -3.88. The summed E-state index contributed by atoms with van der Waals surface area (Å²) in [5.41, 5.74) is 2.85. The molecule has 0 radical (unpaired) electrons. The van der Waals surface area contributed by atoms with Gasteiger partial charge in [-0.2, -0.15) is 0 Å². The predicted molar refractivity (Wildman–Crippen MR) is 124 cm³/mol. The van der Waals surface area contributed by atoms with Gasteiger partial charge in [-0.3, -0.25) is 4.79 Å². The maximum Gasteiger partial charge on any atom is 0.420 e. The lowest BCUT2D eigenvalue weighted by Crippen LogP contribution is -2.28. The molecule has 9 heteroatoms. The molecule has 0 amide bonds. The van der Waals surface area contributed by atoms with E-state index in [-0.39, 0.29) is 17.5 Å². The van der Waals surface area contributed by atoms with Crippen LogP contribution < -0.4 is 0 Å². The van der Waals surface area contributed by atoms with Gasteiger partial charge >= 0.3 is 6.09 Å². The lowest BCUT2D eigenvalue weighted by molar-refractivity contribution is 0.0538. The maximum atomic E-state index is 13.3. The van der Waals surface area contributed by atoms with Crippen LogP contribution in [0.25, 0.3) is 22.3 Å². The van der Waals surface area contributed by atoms with Crippen molar-refractivity contribution in [2.75, 3.05) is 0 Å². The highest BCUT2D eigenvalue weighted by molar-refractivity contribution is 6.08. The highest BCUT2D eigenvalue weighted by Crippen LogP contribution is 2.41. The van der Waals surface area contributed by atoms with E-state index in [9.17, 15) is 9.59 Å². The Balaban J connectivity index is 1.56. The second kappa shape index (κ2) is 7.86. The van der Waals surface area contributed by atoms with E-state index in [4.69, 9.17) is 9.26 Å². The standard InChI is InChI=1S/C25H25N5O4/c1-13-20(14(2)34-29-13)18-10-11-26-22(27-18)21(31)16-8-9-17-19(12-16)30(23(28-17)15-6-7-15)24(32)33-25(3,4)5/h8-12,15H,6-7H2,1-5H3. The Morgan fingerprint density at radius 1 is 1.12 bits per heavy atom. The molecule has 4 aromatic rings. The molecule has 1 saturated carbocycles. The van der Waals surface area contributed by atoms with E-state index in [0.717, 1.165) is 18.4 Å². The van der Waals surface area contributed by atoms with Crippen LogP contribution in [-0.4, -0.2) is 42.2 Å². The minimum atomic E-state index is -0.658. The molecule has 9 nitrogen and oxygen atoms in total. The predicted octanol–water partition coefficient (Wildman–Crippen LogP) is 4.99. The summed E-state index contributed by atoms with van der Waals surface area (Å²) in [6.45, 7) is 9.07. The largest absolute Gasteiger partial charge is 0.443 e. The van der Waals surface area contributed by atoms with Crippen LogP contribution in [0.3, 0.4) is 0 Å². The summed E-state index contributed by atoms with van der Waals surface area (Å²) < 4.78 is 12.4. The van der Waals surface area contributed by atoms with Gasteiger partial charge in [0.15, 0.2) is 0 Å². The lowest BCUT2D eigenvalue weighted by Gasteiger charge is -2.20. The number of imidazole rings is 1. The number of ketones is 1. The molecule has 1 aliphatic rings. The SMILES string of the molecule is Cc1noc(C)c1-c1ccnc(C(=O)c2ccc3nc(C4CC4)n(C(=O)OC(C)(C)C)c3c2)n1. The number of benzene rings is 1. The fraction of sp³-hybridized carbons (Fsp3) is 0.360. The van der Waals surface area contributed by atoms with Crippen LogP contribution >= 0.6 is 0 Å². The van der Waals surface area contributed by atoms with Gasteiger partial charge in [0, 0.05) is 17.7 Å². The van der Waals surface area contributed by atoms with Crippen LogP contribution in [0.15, 0.2) is 35.0 Å². The first kappa shape index (κ1) is 21.9. The molecule has 0 saturated heterocycles. The summed E-state index contributed by atoms with van der Waals surface area (Å²) in [5.74, 6) is 1.19. The molecule has 0 N–H and O–H groups in total. The Kier molecular flexibility index (Phi) is 5.07. The fourth-order valence-electron chi connectivity index (χ4n) is 3.94. The van der Waals surface area contributed by atoms with Crippen molar-refractivity contribution in [2.24, 2.45) is 0 Å². The summed E-state index contributed by atoms with van der Waals surface area (Å²) in [6, 6.07) is 6.80. The highest BCUT2D eigenvalue weighted by Gasteiger charge is 2.33. The minimum absolute atomic E-state index is 0.0441. The first-order chi connectivity index (χ1) is 16.1. The first-order valence-electron chi connectivity index (χ1n) is 11.2. The second-order valence-electron chi connectivity index (χ2n) is 9.56. The number of nitrogens with zero attached hydrogens (tertiary/aromatic N) is 5. The molecule has 1 aromatic carbocycles. The van der Waals surface area contributed by atoms with E-state index >= 15 is 0 Å². The van der Waals surface area contributed by atoms with Gasteiger partial charge < -0.3 is 9.26 Å². The molecular formula is C25H25N5O4. The molecule has 1 aliphatic carbocycles. The van der Waals surface area contributed by atoms with Crippen LogP contribution in [0.2, 0.25) is 0 Å². The molecule has 5 rings (SSSR count). The Bertz CT molecular complexity index is 1420. The summed E-state index contributed by atoms with van der Waals surface area (Å²) in [5, 5.41) is 3.96. The van der Waals surface area contributed by atoms with Gasteiger partial charge in [-0.1, -0.05) is 5.16 Å². The Labute approximate surface area is 196 Å². The summed E-state index contributed by atoms with van der Waals surface area (Å²) in [7, 11) is 0. The monoisotopic (exact) mass is 459 g/mol. The van der Waals surface area contributed by atoms with Gasteiger partial charge in [0.25, 0.3) is 0 Å². The summed E-state index contributed by atoms with van der Waals surface area (Å²) >= 11 is 0. The third kappa shape index (κ3) is 3.98. The van der Waals surface area contributed by atoms with Gasteiger partial charge in [0.2, 0.25) is 11.6 Å². The number of hydrogen-bond donors (Lipinski definition) is 0. The van der Waals surface area contributed by atoms with Crippen LogP contribution in [0.1, 0.15) is 73.0 Å². The second-order valence-corrected chi connectivity index (χ2v) is 9.56. The smallest absolute Gasteiger partial charge is 0.420 e. The van der Waals surface area contributed by atoms with Crippen molar-refractivity contribution in [3.8, 4) is 11.3 Å². The van der Waals surface area contributed by atoms with Crippen molar-refractivity contribution in [3.05, 3.63) is 59.1 Å². The molecule has 1 fully saturated rings. The topological polar surface area (TPSA) is 113 Å². The van der Waals surface area contributed by atoms with Crippen LogP contribution in [0, 0.1) is 13.8 Å². The minimum Gasteiger partial charge on any atom is -0.443 e. The van der Waals surface area contributed by atoms with E-state index in [2.05, 4.69) is 20.1 Å². The van der Waals surface area contributed by atoms with E-state index in [0.29, 0.717) is 39.6 Å². The average Bonchev–Trinajstić information content (AvgIpc) is 3.47. The first-order valence-corrected chi connectivity index (χ1v) is 11.2. The molecule has 0 spiro atoms. The number of hydrogen-bond acceptors (Lipinski definition) is 8. The van der Waals surface area contributed by atoms with Crippen LogP contribution in [0.5, 0.6) is 0 Å². The molecule has 3 aromatic heterocycles. The van der Waals surface area contributed by atoms with Gasteiger partial charge in [0.05, 0.1) is 28.0 Å².